The van der Waals surface area contributed by atoms with E-state index in [1.165, 1.54) is 6.07 Å². The molecule has 2 N–H and O–H groups in total. The number of benzene rings is 2. The van der Waals surface area contributed by atoms with E-state index in [1.807, 2.05) is 12.1 Å². The quantitative estimate of drug-likeness (QED) is 0.426. The number of pyridine rings is 1. The zero-order valence-corrected chi connectivity index (χ0v) is 16.1. The van der Waals surface area contributed by atoms with Gasteiger partial charge in [-0.25, -0.2) is 0 Å². The summed E-state index contributed by atoms with van der Waals surface area (Å²) < 4.78 is 5.74. The normalized spacial score (nSPS) is 12.8. The van der Waals surface area contributed by atoms with Crippen molar-refractivity contribution in [3.8, 4) is 5.75 Å². The van der Waals surface area contributed by atoms with Crippen molar-refractivity contribution in [2.45, 2.75) is 25.5 Å². The summed E-state index contributed by atoms with van der Waals surface area (Å²) in [6.45, 7) is 0.354. The van der Waals surface area contributed by atoms with Gasteiger partial charge in [-0.1, -0.05) is 12.1 Å². The summed E-state index contributed by atoms with van der Waals surface area (Å²) in [4.78, 5) is 27.6. The summed E-state index contributed by atoms with van der Waals surface area (Å²) in [6, 6.07) is 15.5. The maximum Gasteiger partial charge on any atom is 0.293 e. The van der Waals surface area contributed by atoms with E-state index in [1.54, 1.807) is 48.8 Å². The summed E-state index contributed by atoms with van der Waals surface area (Å²) in [5, 5.41) is 17.3. The van der Waals surface area contributed by atoms with Gasteiger partial charge in [-0.15, -0.1) is 0 Å². The average molecular weight is 404 g/mol. The minimum Gasteiger partial charge on any atom is -0.489 e. The van der Waals surface area contributed by atoms with Crippen LogP contribution in [0.25, 0.3) is 0 Å². The van der Waals surface area contributed by atoms with Crippen molar-refractivity contribution in [3.63, 3.8) is 0 Å². The van der Waals surface area contributed by atoms with Gasteiger partial charge >= 0.3 is 0 Å². The van der Waals surface area contributed by atoms with E-state index in [9.17, 15) is 14.9 Å². The third-order valence-corrected chi connectivity index (χ3v) is 4.61. The van der Waals surface area contributed by atoms with Gasteiger partial charge in [0.1, 0.15) is 18.0 Å². The Labute approximate surface area is 173 Å². The number of carbonyl (C=O) groups is 1. The van der Waals surface area contributed by atoms with Crippen molar-refractivity contribution in [3.05, 3.63) is 88.2 Å². The average Bonchev–Trinajstić information content (AvgIpc) is 3.57. The predicted octanol–water partition coefficient (Wildman–Crippen LogP) is 4.40. The lowest BCUT2D eigenvalue weighted by Gasteiger charge is -2.10. The third kappa shape index (κ3) is 4.91. The van der Waals surface area contributed by atoms with E-state index in [-0.39, 0.29) is 17.3 Å². The van der Waals surface area contributed by atoms with Crippen molar-refractivity contribution >= 4 is 23.0 Å². The Balaban J connectivity index is 1.44. The molecule has 30 heavy (non-hydrogen) atoms. The maximum absolute atomic E-state index is 12.6. The number of ether oxygens (including phenoxy) is 1. The Morgan fingerprint density at radius 2 is 2.03 bits per heavy atom. The predicted molar refractivity (Wildman–Crippen MR) is 113 cm³/mol. The summed E-state index contributed by atoms with van der Waals surface area (Å²) in [5.74, 6) is 0.159. The van der Waals surface area contributed by atoms with Gasteiger partial charge in [0.05, 0.1) is 4.92 Å². The monoisotopic (exact) mass is 404 g/mol. The van der Waals surface area contributed by atoms with E-state index in [4.69, 9.17) is 4.74 Å². The van der Waals surface area contributed by atoms with E-state index >= 15 is 0 Å². The summed E-state index contributed by atoms with van der Waals surface area (Å²) in [6.07, 6.45) is 5.41. The zero-order valence-electron chi connectivity index (χ0n) is 16.1. The van der Waals surface area contributed by atoms with Gasteiger partial charge in [0, 0.05) is 47.4 Å². The molecular formula is C22H20N4O4. The van der Waals surface area contributed by atoms with Gasteiger partial charge < -0.3 is 15.4 Å². The van der Waals surface area contributed by atoms with Crippen molar-refractivity contribution in [1.29, 1.82) is 0 Å². The molecule has 4 rings (SSSR count). The molecule has 0 unspecified atom stereocenters. The molecule has 8 nitrogen and oxygen atoms in total. The molecule has 1 aliphatic rings. The summed E-state index contributed by atoms with van der Waals surface area (Å²) >= 11 is 0. The number of nitrogens with one attached hydrogen (secondary N) is 2. The largest absolute Gasteiger partial charge is 0.489 e. The minimum absolute atomic E-state index is 0.108. The number of nitro benzene ring substituents is 1. The second kappa shape index (κ2) is 8.60. The first-order chi connectivity index (χ1) is 14.6. The van der Waals surface area contributed by atoms with Crippen LogP contribution >= 0.6 is 0 Å². The third-order valence-electron chi connectivity index (χ3n) is 4.61. The van der Waals surface area contributed by atoms with Gasteiger partial charge in [-0.2, -0.15) is 0 Å². The Morgan fingerprint density at radius 3 is 2.77 bits per heavy atom. The first kappa shape index (κ1) is 19.4. The molecule has 0 aliphatic heterocycles. The van der Waals surface area contributed by atoms with E-state index in [0.29, 0.717) is 23.7 Å². The molecule has 1 aromatic heterocycles. The molecular weight excluding hydrogens is 384 g/mol. The summed E-state index contributed by atoms with van der Waals surface area (Å²) in [5.41, 5.74) is 2.00. The van der Waals surface area contributed by atoms with Crippen LogP contribution < -0.4 is 15.4 Å². The number of nitrogens with zero attached hydrogens (tertiary/aromatic N) is 2. The second-order valence-electron chi connectivity index (χ2n) is 7.04. The standard InChI is InChI=1S/C22H20N4O4/c27-22(16-6-9-20(24-17-7-8-17)21(11-16)26(28)29)25-18-4-1-5-19(12-18)30-14-15-3-2-10-23-13-15/h1-6,9-13,17,24H,7-8,14H2,(H,25,27). The number of hydrogen-bond acceptors (Lipinski definition) is 6. The second-order valence-corrected chi connectivity index (χ2v) is 7.04. The number of carbonyl (C=O) groups excluding carboxylic acids is 1. The molecule has 1 heterocycles. The summed E-state index contributed by atoms with van der Waals surface area (Å²) in [7, 11) is 0. The fourth-order valence-electron chi connectivity index (χ4n) is 2.91. The van der Waals surface area contributed by atoms with Crippen LogP contribution in [0.1, 0.15) is 28.8 Å². The van der Waals surface area contributed by atoms with Gasteiger partial charge in [-0.05, 0) is 43.2 Å². The first-order valence-corrected chi connectivity index (χ1v) is 9.56. The highest BCUT2D eigenvalue weighted by molar-refractivity contribution is 6.05. The number of hydrogen-bond donors (Lipinski definition) is 2. The van der Waals surface area contributed by atoms with Gasteiger partial charge in [-0.3, -0.25) is 19.9 Å². The fraction of sp³-hybridized carbons (Fsp3) is 0.182. The molecule has 1 fully saturated rings. The van der Waals surface area contributed by atoms with Crippen LogP contribution in [0.15, 0.2) is 67.0 Å². The molecule has 1 aliphatic carbocycles. The number of anilines is 2. The van der Waals surface area contributed by atoms with E-state index in [2.05, 4.69) is 15.6 Å². The van der Waals surface area contributed by atoms with Crippen LogP contribution in [0.3, 0.4) is 0 Å². The molecule has 1 amide bonds. The van der Waals surface area contributed by atoms with Crippen LogP contribution in [0, 0.1) is 10.1 Å². The van der Waals surface area contributed by atoms with E-state index in [0.717, 1.165) is 18.4 Å². The minimum atomic E-state index is -0.478. The highest BCUT2D eigenvalue weighted by Crippen LogP contribution is 2.31. The molecule has 0 spiro atoms. The highest BCUT2D eigenvalue weighted by Gasteiger charge is 2.25. The molecule has 152 valence electrons. The highest BCUT2D eigenvalue weighted by atomic mass is 16.6. The molecule has 0 bridgehead atoms. The lowest BCUT2D eigenvalue weighted by Crippen LogP contribution is -2.13. The Morgan fingerprint density at radius 1 is 1.17 bits per heavy atom. The SMILES string of the molecule is O=C(Nc1cccc(OCc2cccnc2)c1)c1ccc(NC2CC2)c([N+](=O)[O-])c1. The Kier molecular flexibility index (Phi) is 5.56. The lowest BCUT2D eigenvalue weighted by molar-refractivity contribution is -0.384. The fourth-order valence-corrected chi connectivity index (χ4v) is 2.91. The number of nitro groups is 1. The first-order valence-electron chi connectivity index (χ1n) is 9.56. The van der Waals surface area contributed by atoms with Crippen LogP contribution in [0.5, 0.6) is 5.75 Å². The van der Waals surface area contributed by atoms with Crippen molar-refractivity contribution in [2.75, 3.05) is 10.6 Å². The molecule has 0 radical (unpaired) electrons. The van der Waals surface area contributed by atoms with Crippen molar-refractivity contribution in [2.24, 2.45) is 0 Å². The van der Waals surface area contributed by atoms with Gasteiger partial charge in [0.2, 0.25) is 0 Å². The van der Waals surface area contributed by atoms with Crippen molar-refractivity contribution in [1.82, 2.24) is 4.98 Å². The van der Waals surface area contributed by atoms with Gasteiger partial charge in [0.25, 0.3) is 11.6 Å². The molecule has 0 atom stereocenters. The molecule has 8 heteroatoms. The molecule has 2 aromatic carbocycles. The topological polar surface area (TPSA) is 106 Å². The number of aromatic nitrogens is 1. The van der Waals surface area contributed by atoms with Crippen LogP contribution in [-0.4, -0.2) is 21.9 Å². The van der Waals surface area contributed by atoms with Gasteiger partial charge in [0.15, 0.2) is 0 Å². The number of rotatable bonds is 8. The lowest BCUT2D eigenvalue weighted by atomic mass is 10.1. The Hall–Kier alpha value is -3.94. The zero-order chi connectivity index (χ0) is 20.9. The van der Waals surface area contributed by atoms with Crippen LogP contribution in [0.4, 0.5) is 17.1 Å². The molecule has 0 saturated heterocycles. The Bertz CT molecular complexity index is 1070. The number of amides is 1. The maximum atomic E-state index is 12.6. The van der Waals surface area contributed by atoms with E-state index < -0.39 is 10.8 Å². The smallest absolute Gasteiger partial charge is 0.293 e. The van der Waals surface area contributed by atoms with Crippen LogP contribution in [0.2, 0.25) is 0 Å². The molecule has 3 aromatic rings. The van der Waals surface area contributed by atoms with Crippen LogP contribution in [-0.2, 0) is 6.61 Å². The van der Waals surface area contributed by atoms with Crippen molar-refractivity contribution < 1.29 is 14.5 Å². The molecule has 1 saturated carbocycles.